The molecule has 1 nitrogen and oxygen atoms in total. The maximum atomic E-state index is 12.8. The minimum Gasteiger partial charge on any atom is -0.294 e. The van der Waals surface area contributed by atoms with E-state index in [2.05, 4.69) is 0 Å². The number of rotatable bonds is 2. The SMILES string of the molecule is O=C(c1cccc(F)c1)C1CSC1. The maximum absolute atomic E-state index is 12.8. The van der Waals surface area contributed by atoms with Crippen molar-refractivity contribution in [2.45, 2.75) is 0 Å². The third kappa shape index (κ3) is 1.75. The quantitative estimate of drug-likeness (QED) is 0.675. The molecule has 0 saturated carbocycles. The normalized spacial score (nSPS) is 16.7. The molecule has 0 N–H and O–H groups in total. The van der Waals surface area contributed by atoms with Crippen LogP contribution in [0.5, 0.6) is 0 Å². The molecule has 0 atom stereocenters. The molecule has 1 aromatic rings. The first-order valence-corrected chi connectivity index (χ1v) is 5.30. The zero-order chi connectivity index (χ0) is 9.26. The van der Waals surface area contributed by atoms with Crippen molar-refractivity contribution in [1.29, 1.82) is 0 Å². The summed E-state index contributed by atoms with van der Waals surface area (Å²) in [7, 11) is 0. The third-order valence-electron chi connectivity index (χ3n) is 2.12. The molecule has 0 radical (unpaired) electrons. The molecular formula is C10H9FOS. The summed E-state index contributed by atoms with van der Waals surface area (Å²) < 4.78 is 12.8. The summed E-state index contributed by atoms with van der Waals surface area (Å²) in [4.78, 5) is 11.6. The summed E-state index contributed by atoms with van der Waals surface area (Å²) in [6, 6.07) is 5.92. The second kappa shape index (κ2) is 3.50. The number of ketones is 1. The van der Waals surface area contributed by atoms with Gasteiger partial charge in [-0.1, -0.05) is 12.1 Å². The second-order valence-electron chi connectivity index (χ2n) is 3.11. The highest BCUT2D eigenvalue weighted by Crippen LogP contribution is 2.27. The first-order valence-electron chi connectivity index (χ1n) is 4.15. The molecule has 1 aliphatic heterocycles. The minimum absolute atomic E-state index is 0.0817. The summed E-state index contributed by atoms with van der Waals surface area (Å²) in [5.41, 5.74) is 0.505. The molecule has 0 spiro atoms. The van der Waals surface area contributed by atoms with Crippen molar-refractivity contribution in [3.05, 3.63) is 35.6 Å². The molecule has 0 aromatic heterocycles. The van der Waals surface area contributed by atoms with Crippen LogP contribution in [0, 0.1) is 11.7 Å². The summed E-state index contributed by atoms with van der Waals surface area (Å²) in [5, 5.41) is 0. The second-order valence-corrected chi connectivity index (χ2v) is 4.18. The summed E-state index contributed by atoms with van der Waals surface area (Å²) in [6.45, 7) is 0. The fourth-order valence-electron chi connectivity index (χ4n) is 1.26. The molecule has 13 heavy (non-hydrogen) atoms. The highest BCUT2D eigenvalue weighted by molar-refractivity contribution is 8.00. The smallest absolute Gasteiger partial charge is 0.167 e. The zero-order valence-corrected chi connectivity index (χ0v) is 7.81. The summed E-state index contributed by atoms with van der Waals surface area (Å²) in [5.74, 6) is 1.63. The van der Waals surface area contributed by atoms with Crippen LogP contribution in [0.3, 0.4) is 0 Å². The fourth-order valence-corrected chi connectivity index (χ4v) is 2.04. The number of thioether (sulfide) groups is 1. The topological polar surface area (TPSA) is 17.1 Å². The lowest BCUT2D eigenvalue weighted by molar-refractivity contribution is 0.0938. The van der Waals surface area contributed by atoms with E-state index in [1.807, 2.05) is 0 Å². The van der Waals surface area contributed by atoms with Gasteiger partial charge < -0.3 is 0 Å². The van der Waals surface area contributed by atoms with Gasteiger partial charge in [-0.25, -0.2) is 4.39 Å². The fraction of sp³-hybridized carbons (Fsp3) is 0.300. The van der Waals surface area contributed by atoms with Gasteiger partial charge >= 0.3 is 0 Å². The summed E-state index contributed by atoms with van der Waals surface area (Å²) in [6.07, 6.45) is 0. The van der Waals surface area contributed by atoms with Crippen LogP contribution >= 0.6 is 11.8 Å². The Hall–Kier alpha value is -0.830. The van der Waals surface area contributed by atoms with Gasteiger partial charge in [-0.3, -0.25) is 4.79 Å². The van der Waals surface area contributed by atoms with Crippen molar-refractivity contribution in [1.82, 2.24) is 0 Å². The van der Waals surface area contributed by atoms with E-state index in [9.17, 15) is 9.18 Å². The van der Waals surface area contributed by atoms with Crippen molar-refractivity contribution in [3.63, 3.8) is 0 Å². The maximum Gasteiger partial charge on any atom is 0.167 e. The number of halogens is 1. The van der Waals surface area contributed by atoms with E-state index in [4.69, 9.17) is 0 Å². The van der Waals surface area contributed by atoms with E-state index >= 15 is 0 Å². The van der Waals surface area contributed by atoms with Crippen molar-refractivity contribution in [3.8, 4) is 0 Å². The predicted molar refractivity (Wildman–Crippen MR) is 51.5 cm³/mol. The highest BCUT2D eigenvalue weighted by atomic mass is 32.2. The van der Waals surface area contributed by atoms with E-state index in [0.717, 1.165) is 11.5 Å². The molecule has 1 aliphatic rings. The molecule has 1 heterocycles. The van der Waals surface area contributed by atoms with Gasteiger partial charge in [0.2, 0.25) is 0 Å². The van der Waals surface area contributed by atoms with Gasteiger partial charge in [-0.2, -0.15) is 11.8 Å². The molecule has 0 unspecified atom stereocenters. The van der Waals surface area contributed by atoms with Crippen molar-refractivity contribution in [2.75, 3.05) is 11.5 Å². The average molecular weight is 196 g/mol. The molecule has 2 rings (SSSR count). The Morgan fingerprint density at radius 2 is 2.23 bits per heavy atom. The lowest BCUT2D eigenvalue weighted by Gasteiger charge is -2.23. The van der Waals surface area contributed by atoms with Crippen LogP contribution in [0.4, 0.5) is 4.39 Å². The van der Waals surface area contributed by atoms with Crippen LogP contribution in [0.1, 0.15) is 10.4 Å². The minimum atomic E-state index is -0.335. The molecule has 3 heteroatoms. The van der Waals surface area contributed by atoms with E-state index in [1.165, 1.54) is 12.1 Å². The van der Waals surface area contributed by atoms with Crippen LogP contribution < -0.4 is 0 Å². The zero-order valence-electron chi connectivity index (χ0n) is 7.00. The number of hydrogen-bond donors (Lipinski definition) is 0. The van der Waals surface area contributed by atoms with Gasteiger partial charge in [0, 0.05) is 23.0 Å². The van der Waals surface area contributed by atoms with E-state index in [-0.39, 0.29) is 17.5 Å². The number of carbonyl (C=O) groups is 1. The lowest BCUT2D eigenvalue weighted by Crippen LogP contribution is -2.27. The Bertz CT molecular complexity index is 333. The third-order valence-corrected chi connectivity index (χ3v) is 3.39. The molecule has 1 aromatic carbocycles. The van der Waals surface area contributed by atoms with E-state index < -0.39 is 0 Å². The van der Waals surface area contributed by atoms with Gasteiger partial charge in [-0.05, 0) is 12.1 Å². The van der Waals surface area contributed by atoms with Gasteiger partial charge in [0.05, 0.1) is 0 Å². The first kappa shape index (κ1) is 8.75. The van der Waals surface area contributed by atoms with Crippen LogP contribution in [0.25, 0.3) is 0 Å². The number of hydrogen-bond acceptors (Lipinski definition) is 2. The molecule has 1 fully saturated rings. The van der Waals surface area contributed by atoms with Gasteiger partial charge in [0.1, 0.15) is 5.82 Å². The highest BCUT2D eigenvalue weighted by Gasteiger charge is 2.26. The number of Topliss-reactive ketones (excluding diaryl/α,β-unsaturated/α-hetero) is 1. The predicted octanol–water partition coefficient (Wildman–Crippen LogP) is 2.37. The summed E-state index contributed by atoms with van der Waals surface area (Å²) >= 11 is 1.76. The average Bonchev–Trinajstić information content (AvgIpc) is 2.01. The molecule has 0 aliphatic carbocycles. The number of benzene rings is 1. The molecule has 1 saturated heterocycles. The molecule has 68 valence electrons. The van der Waals surface area contributed by atoms with Crippen LogP contribution in [0.2, 0.25) is 0 Å². The van der Waals surface area contributed by atoms with Gasteiger partial charge in [0.25, 0.3) is 0 Å². The Morgan fingerprint density at radius 3 is 2.77 bits per heavy atom. The Balaban J connectivity index is 2.19. The van der Waals surface area contributed by atoms with Crippen LogP contribution in [-0.4, -0.2) is 17.3 Å². The largest absolute Gasteiger partial charge is 0.294 e. The molecule has 0 bridgehead atoms. The van der Waals surface area contributed by atoms with Gasteiger partial charge in [-0.15, -0.1) is 0 Å². The van der Waals surface area contributed by atoms with Crippen molar-refractivity contribution in [2.24, 2.45) is 5.92 Å². The van der Waals surface area contributed by atoms with Gasteiger partial charge in [0.15, 0.2) is 5.78 Å². The lowest BCUT2D eigenvalue weighted by atomic mass is 10.0. The first-order chi connectivity index (χ1) is 6.27. The monoisotopic (exact) mass is 196 g/mol. The Labute approximate surface area is 80.3 Å². The molecular weight excluding hydrogens is 187 g/mol. The van der Waals surface area contributed by atoms with Crippen molar-refractivity contribution >= 4 is 17.5 Å². The standard InChI is InChI=1S/C10H9FOS/c11-9-3-1-2-7(4-9)10(12)8-5-13-6-8/h1-4,8H,5-6H2. The number of carbonyl (C=O) groups excluding carboxylic acids is 1. The Kier molecular flexibility index (Phi) is 2.36. The van der Waals surface area contributed by atoms with E-state index in [0.29, 0.717) is 5.56 Å². The van der Waals surface area contributed by atoms with Crippen LogP contribution in [-0.2, 0) is 0 Å². The van der Waals surface area contributed by atoms with Crippen LogP contribution in [0.15, 0.2) is 24.3 Å². The Morgan fingerprint density at radius 1 is 1.46 bits per heavy atom. The van der Waals surface area contributed by atoms with E-state index in [1.54, 1.807) is 23.9 Å². The molecule has 0 amide bonds. The van der Waals surface area contributed by atoms with Crippen molar-refractivity contribution < 1.29 is 9.18 Å².